The van der Waals surface area contributed by atoms with E-state index in [1.807, 2.05) is 0 Å². The van der Waals surface area contributed by atoms with Gasteiger partial charge in [0.15, 0.2) is 0 Å². The first-order valence-electron chi connectivity index (χ1n) is 6.73. The molecule has 6 heteroatoms. The monoisotopic (exact) mass is 308 g/mol. The van der Waals surface area contributed by atoms with Crippen molar-refractivity contribution in [3.8, 4) is 5.75 Å². The van der Waals surface area contributed by atoms with Crippen molar-refractivity contribution in [3.63, 3.8) is 0 Å². The Hall–Kier alpha value is -1.95. The molecule has 0 aliphatic carbocycles. The molecule has 1 amide bonds. The molecule has 0 spiro atoms. The number of carbonyl (C=O) groups excluding carboxylic acids is 1. The highest BCUT2D eigenvalue weighted by Crippen LogP contribution is 2.19. The second-order valence-corrected chi connectivity index (χ2v) is 5.65. The summed E-state index contributed by atoms with van der Waals surface area (Å²) in [5.74, 6) is -0.293. The summed E-state index contributed by atoms with van der Waals surface area (Å²) in [5, 5.41) is 11.5. The third-order valence-corrected chi connectivity index (χ3v) is 3.97. The minimum atomic E-state index is -0.426. The van der Waals surface area contributed by atoms with Crippen LogP contribution in [0.5, 0.6) is 5.75 Å². The van der Waals surface area contributed by atoms with Crippen LogP contribution < -0.4 is 4.90 Å². The Kier molecular flexibility index (Phi) is 5.27. The maximum absolute atomic E-state index is 12.8. The molecule has 0 aliphatic heterocycles. The first-order valence-corrected chi connectivity index (χ1v) is 7.61. The van der Waals surface area contributed by atoms with Crippen LogP contribution in [0.3, 0.4) is 0 Å². The molecular weight excluding hydrogens is 291 g/mol. The first kappa shape index (κ1) is 15.4. The van der Waals surface area contributed by atoms with Crippen LogP contribution in [-0.2, 0) is 11.2 Å². The fraction of sp³-hybridized carbons (Fsp3) is 0.333. The number of aromatic nitrogens is 1. The van der Waals surface area contributed by atoms with E-state index in [2.05, 4.69) is 4.98 Å². The van der Waals surface area contributed by atoms with Crippen molar-refractivity contribution >= 4 is 22.9 Å². The van der Waals surface area contributed by atoms with Crippen LogP contribution in [0.1, 0.15) is 24.8 Å². The zero-order valence-electron chi connectivity index (χ0n) is 11.8. The van der Waals surface area contributed by atoms with E-state index in [4.69, 9.17) is 0 Å². The number of amides is 1. The summed E-state index contributed by atoms with van der Waals surface area (Å²) in [5.41, 5.74) is 0.764. The lowest BCUT2D eigenvalue weighted by molar-refractivity contribution is -0.116. The molecule has 0 atom stereocenters. The number of aryl methyl sites for hydroxylation is 1. The van der Waals surface area contributed by atoms with Gasteiger partial charge < -0.3 is 10.0 Å². The molecule has 4 nitrogen and oxygen atoms in total. The summed E-state index contributed by atoms with van der Waals surface area (Å²) in [7, 11) is 0. The molecule has 0 unspecified atom stereocenters. The van der Waals surface area contributed by atoms with Crippen LogP contribution in [0.25, 0.3) is 0 Å². The summed E-state index contributed by atoms with van der Waals surface area (Å²) in [6.07, 6.45) is 2.37. The average molecular weight is 308 g/mol. The van der Waals surface area contributed by atoms with E-state index in [1.54, 1.807) is 29.2 Å². The van der Waals surface area contributed by atoms with Crippen LogP contribution in [0.4, 0.5) is 10.1 Å². The van der Waals surface area contributed by atoms with Gasteiger partial charge in [-0.05, 0) is 43.5 Å². The number of phenolic OH excluding ortho intramolecular Hbond substituents is 1. The molecule has 0 bridgehead atoms. The second kappa shape index (κ2) is 7.17. The number of hydrogen-bond acceptors (Lipinski definition) is 4. The number of aromatic hydroxyl groups is 1. The molecule has 2 rings (SSSR count). The van der Waals surface area contributed by atoms with E-state index in [1.165, 1.54) is 23.6 Å². The molecule has 112 valence electrons. The van der Waals surface area contributed by atoms with E-state index in [0.717, 1.165) is 30.0 Å². The van der Waals surface area contributed by atoms with E-state index in [9.17, 15) is 14.3 Å². The predicted octanol–water partition coefficient (Wildman–Crippen LogP) is 3.36. The fourth-order valence-corrected chi connectivity index (χ4v) is 2.74. The maximum Gasteiger partial charge on any atom is 0.223 e. The molecule has 0 fully saturated rings. The molecule has 2 aromatic rings. The highest BCUT2D eigenvalue weighted by molar-refractivity contribution is 7.09. The Morgan fingerprint density at radius 1 is 1.33 bits per heavy atom. The highest BCUT2D eigenvalue weighted by atomic mass is 32.1. The molecular formula is C15H17FN2O2S. The van der Waals surface area contributed by atoms with Crippen LogP contribution in [0.2, 0.25) is 0 Å². The largest absolute Gasteiger partial charge is 0.508 e. The third kappa shape index (κ3) is 4.53. The number of halogens is 1. The number of unbranched alkanes of at least 4 members (excludes halogenated alkanes) is 1. The van der Waals surface area contributed by atoms with Gasteiger partial charge in [-0.2, -0.15) is 4.39 Å². The first-order chi connectivity index (χ1) is 10.1. The molecule has 1 aromatic heterocycles. The van der Waals surface area contributed by atoms with Crippen LogP contribution in [-0.4, -0.2) is 22.5 Å². The summed E-state index contributed by atoms with van der Waals surface area (Å²) in [6.45, 7) is 2.11. The molecule has 1 N–H and O–H groups in total. The fourth-order valence-electron chi connectivity index (χ4n) is 2.05. The van der Waals surface area contributed by atoms with Gasteiger partial charge in [-0.1, -0.05) is 0 Å². The zero-order valence-corrected chi connectivity index (χ0v) is 12.6. The molecule has 21 heavy (non-hydrogen) atoms. The van der Waals surface area contributed by atoms with Gasteiger partial charge in [0.1, 0.15) is 5.75 Å². The van der Waals surface area contributed by atoms with Crippen molar-refractivity contribution in [2.45, 2.75) is 26.2 Å². The van der Waals surface area contributed by atoms with Crippen molar-refractivity contribution in [2.75, 3.05) is 11.4 Å². The minimum Gasteiger partial charge on any atom is -0.508 e. The van der Waals surface area contributed by atoms with Gasteiger partial charge in [0.2, 0.25) is 11.9 Å². The number of rotatable bonds is 6. The Labute approximate surface area is 126 Å². The molecule has 1 aromatic carbocycles. The number of carbonyl (C=O) groups is 1. The average Bonchev–Trinajstić information content (AvgIpc) is 2.85. The van der Waals surface area contributed by atoms with Crippen molar-refractivity contribution in [1.82, 2.24) is 4.98 Å². The smallest absolute Gasteiger partial charge is 0.223 e. The number of phenols is 1. The van der Waals surface area contributed by atoms with Gasteiger partial charge in [-0.3, -0.25) is 4.79 Å². The number of hydrogen-bond donors (Lipinski definition) is 1. The lowest BCUT2D eigenvalue weighted by atomic mass is 10.2. The van der Waals surface area contributed by atoms with Crippen molar-refractivity contribution in [2.24, 2.45) is 0 Å². The van der Waals surface area contributed by atoms with Gasteiger partial charge in [0, 0.05) is 24.5 Å². The SMILES string of the molecule is CC(=O)N(CCCCc1nc(F)cs1)c1ccc(O)cc1. The standard InChI is InChI=1S/C15H17FN2O2S/c1-11(19)18(12-5-7-13(20)8-6-12)9-3-2-4-15-17-14(16)10-21-15/h5-8,10,20H,2-4,9H2,1H3. The van der Waals surface area contributed by atoms with Crippen LogP contribution in [0, 0.1) is 5.95 Å². The van der Waals surface area contributed by atoms with Gasteiger partial charge in [-0.25, -0.2) is 4.98 Å². The summed E-state index contributed by atoms with van der Waals surface area (Å²) >= 11 is 1.32. The maximum atomic E-state index is 12.8. The number of benzene rings is 1. The van der Waals surface area contributed by atoms with E-state index in [-0.39, 0.29) is 11.7 Å². The van der Waals surface area contributed by atoms with Crippen molar-refractivity contribution < 1.29 is 14.3 Å². The Balaban J connectivity index is 1.86. The topological polar surface area (TPSA) is 53.4 Å². The molecule has 0 aliphatic rings. The van der Waals surface area contributed by atoms with Crippen LogP contribution >= 0.6 is 11.3 Å². The second-order valence-electron chi connectivity index (χ2n) is 4.71. The van der Waals surface area contributed by atoms with E-state index < -0.39 is 5.95 Å². The van der Waals surface area contributed by atoms with E-state index >= 15 is 0 Å². The Morgan fingerprint density at radius 3 is 2.62 bits per heavy atom. The molecule has 0 radical (unpaired) electrons. The molecule has 0 saturated carbocycles. The van der Waals surface area contributed by atoms with Gasteiger partial charge in [-0.15, -0.1) is 11.3 Å². The molecule has 1 heterocycles. The minimum absolute atomic E-state index is 0.0408. The Bertz CT molecular complexity index is 598. The number of thiazole rings is 1. The van der Waals surface area contributed by atoms with Crippen molar-refractivity contribution in [1.29, 1.82) is 0 Å². The number of anilines is 1. The Morgan fingerprint density at radius 2 is 2.05 bits per heavy atom. The van der Waals surface area contributed by atoms with E-state index in [0.29, 0.717) is 6.54 Å². The lowest BCUT2D eigenvalue weighted by Crippen LogP contribution is -2.29. The summed E-state index contributed by atoms with van der Waals surface area (Å²) < 4.78 is 12.8. The number of nitrogens with zero attached hydrogens (tertiary/aromatic N) is 2. The van der Waals surface area contributed by atoms with Crippen LogP contribution in [0.15, 0.2) is 29.6 Å². The lowest BCUT2D eigenvalue weighted by Gasteiger charge is -2.21. The predicted molar refractivity (Wildman–Crippen MR) is 81.1 cm³/mol. The zero-order chi connectivity index (χ0) is 15.2. The van der Waals surface area contributed by atoms with Gasteiger partial charge in [0.05, 0.1) is 5.01 Å². The summed E-state index contributed by atoms with van der Waals surface area (Å²) in [6, 6.07) is 6.55. The molecule has 0 saturated heterocycles. The van der Waals surface area contributed by atoms with Gasteiger partial charge >= 0.3 is 0 Å². The normalized spacial score (nSPS) is 10.6. The quantitative estimate of drug-likeness (QED) is 0.833. The highest BCUT2D eigenvalue weighted by Gasteiger charge is 2.11. The van der Waals surface area contributed by atoms with Crippen molar-refractivity contribution in [3.05, 3.63) is 40.6 Å². The van der Waals surface area contributed by atoms with Gasteiger partial charge in [0.25, 0.3) is 0 Å². The third-order valence-electron chi connectivity index (χ3n) is 3.09. The summed E-state index contributed by atoms with van der Waals surface area (Å²) in [4.78, 5) is 17.1.